The molecule has 0 spiro atoms. The van der Waals surface area contributed by atoms with E-state index in [1.807, 2.05) is 6.92 Å². The number of rotatable bonds is 3. The standard InChI is InChI=1S/C10H12FNO/c1-7(2)12-8-4-5-9(11)10(6-8)13-3/h4-6,12H,1H2,2-3H3. The van der Waals surface area contributed by atoms with Crippen LogP contribution in [0.15, 0.2) is 30.5 Å². The molecule has 0 saturated heterocycles. The Balaban J connectivity index is 2.92. The van der Waals surface area contributed by atoms with Crippen LogP contribution in [0.2, 0.25) is 0 Å². The average molecular weight is 181 g/mol. The second-order valence-corrected chi connectivity index (χ2v) is 2.75. The minimum Gasteiger partial charge on any atom is -0.494 e. The predicted molar refractivity (Wildman–Crippen MR) is 51.4 cm³/mol. The molecule has 2 nitrogen and oxygen atoms in total. The zero-order valence-corrected chi connectivity index (χ0v) is 7.73. The van der Waals surface area contributed by atoms with E-state index in [-0.39, 0.29) is 11.6 Å². The lowest BCUT2D eigenvalue weighted by Crippen LogP contribution is -1.95. The van der Waals surface area contributed by atoms with Gasteiger partial charge >= 0.3 is 0 Å². The molecule has 0 aliphatic rings. The lowest BCUT2D eigenvalue weighted by Gasteiger charge is -2.07. The van der Waals surface area contributed by atoms with E-state index in [1.54, 1.807) is 12.1 Å². The predicted octanol–water partition coefficient (Wildman–Crippen LogP) is 2.78. The highest BCUT2D eigenvalue weighted by molar-refractivity contribution is 5.51. The second kappa shape index (κ2) is 3.94. The summed E-state index contributed by atoms with van der Waals surface area (Å²) >= 11 is 0. The fourth-order valence-corrected chi connectivity index (χ4v) is 0.984. The molecule has 1 aromatic rings. The summed E-state index contributed by atoms with van der Waals surface area (Å²) in [7, 11) is 1.43. The highest BCUT2D eigenvalue weighted by atomic mass is 19.1. The van der Waals surface area contributed by atoms with Gasteiger partial charge < -0.3 is 10.1 Å². The zero-order valence-electron chi connectivity index (χ0n) is 7.73. The highest BCUT2D eigenvalue weighted by Gasteiger charge is 2.02. The third-order valence-electron chi connectivity index (χ3n) is 1.51. The maximum atomic E-state index is 12.9. The van der Waals surface area contributed by atoms with Crippen LogP contribution in [0.3, 0.4) is 0 Å². The van der Waals surface area contributed by atoms with E-state index in [1.165, 1.54) is 13.2 Å². The Morgan fingerprint density at radius 1 is 1.54 bits per heavy atom. The molecule has 0 aliphatic carbocycles. The number of hydrogen-bond donors (Lipinski definition) is 1. The first-order valence-electron chi connectivity index (χ1n) is 3.89. The number of anilines is 1. The maximum absolute atomic E-state index is 12.9. The minimum absolute atomic E-state index is 0.228. The molecular weight excluding hydrogens is 169 g/mol. The first-order chi connectivity index (χ1) is 6.13. The molecule has 1 N–H and O–H groups in total. The van der Waals surface area contributed by atoms with E-state index in [2.05, 4.69) is 11.9 Å². The van der Waals surface area contributed by atoms with Crippen molar-refractivity contribution in [3.63, 3.8) is 0 Å². The largest absolute Gasteiger partial charge is 0.494 e. The molecule has 0 bridgehead atoms. The highest BCUT2D eigenvalue weighted by Crippen LogP contribution is 2.21. The second-order valence-electron chi connectivity index (χ2n) is 2.75. The van der Waals surface area contributed by atoms with Gasteiger partial charge in [0.25, 0.3) is 0 Å². The van der Waals surface area contributed by atoms with E-state index in [0.717, 1.165) is 11.4 Å². The Kier molecular flexibility index (Phi) is 2.90. The summed E-state index contributed by atoms with van der Waals surface area (Å²) in [6, 6.07) is 4.57. The number of nitrogens with one attached hydrogen (secondary N) is 1. The van der Waals surface area contributed by atoms with Crippen molar-refractivity contribution in [3.8, 4) is 5.75 Å². The van der Waals surface area contributed by atoms with Gasteiger partial charge in [-0.05, 0) is 19.1 Å². The van der Waals surface area contributed by atoms with Crippen LogP contribution in [0.5, 0.6) is 5.75 Å². The Hall–Kier alpha value is -1.51. The molecule has 1 rings (SSSR count). The van der Waals surface area contributed by atoms with Gasteiger partial charge in [0.1, 0.15) is 0 Å². The summed E-state index contributed by atoms with van der Waals surface area (Å²) in [4.78, 5) is 0. The molecule has 1 aromatic carbocycles. The summed E-state index contributed by atoms with van der Waals surface area (Å²) in [6.45, 7) is 5.51. The van der Waals surface area contributed by atoms with Crippen LogP contribution in [-0.2, 0) is 0 Å². The molecular formula is C10H12FNO. The third kappa shape index (κ3) is 2.47. The van der Waals surface area contributed by atoms with Gasteiger partial charge in [-0.25, -0.2) is 4.39 Å². The van der Waals surface area contributed by atoms with Crippen molar-refractivity contribution in [2.24, 2.45) is 0 Å². The van der Waals surface area contributed by atoms with Crippen molar-refractivity contribution in [1.82, 2.24) is 0 Å². The summed E-state index contributed by atoms with van der Waals surface area (Å²) < 4.78 is 17.8. The van der Waals surface area contributed by atoms with Gasteiger partial charge in [0.15, 0.2) is 11.6 Å². The number of allylic oxidation sites excluding steroid dienone is 1. The van der Waals surface area contributed by atoms with Crippen molar-refractivity contribution in [1.29, 1.82) is 0 Å². The molecule has 0 aromatic heterocycles. The number of methoxy groups -OCH3 is 1. The Labute approximate surface area is 77.0 Å². The van der Waals surface area contributed by atoms with Gasteiger partial charge in [-0.2, -0.15) is 0 Å². The molecule has 70 valence electrons. The number of benzene rings is 1. The monoisotopic (exact) mass is 181 g/mol. The molecule has 0 unspecified atom stereocenters. The van der Waals surface area contributed by atoms with Gasteiger partial charge in [-0.3, -0.25) is 0 Å². The van der Waals surface area contributed by atoms with Crippen molar-refractivity contribution in [2.45, 2.75) is 6.92 Å². The number of ether oxygens (including phenoxy) is 1. The topological polar surface area (TPSA) is 21.3 Å². The molecule has 0 radical (unpaired) electrons. The Morgan fingerprint density at radius 2 is 2.23 bits per heavy atom. The lowest BCUT2D eigenvalue weighted by atomic mass is 10.3. The number of hydrogen-bond acceptors (Lipinski definition) is 2. The summed E-state index contributed by atoms with van der Waals surface area (Å²) in [5.74, 6) is -0.138. The van der Waals surface area contributed by atoms with Crippen molar-refractivity contribution in [2.75, 3.05) is 12.4 Å². The third-order valence-corrected chi connectivity index (χ3v) is 1.51. The quantitative estimate of drug-likeness (QED) is 0.774. The van der Waals surface area contributed by atoms with Crippen molar-refractivity contribution >= 4 is 5.69 Å². The van der Waals surface area contributed by atoms with Crippen LogP contribution in [0.25, 0.3) is 0 Å². The van der Waals surface area contributed by atoms with E-state index >= 15 is 0 Å². The van der Waals surface area contributed by atoms with Crippen LogP contribution in [-0.4, -0.2) is 7.11 Å². The first kappa shape index (κ1) is 9.58. The van der Waals surface area contributed by atoms with E-state index in [4.69, 9.17) is 4.74 Å². The minimum atomic E-state index is -0.366. The Morgan fingerprint density at radius 3 is 2.77 bits per heavy atom. The van der Waals surface area contributed by atoms with E-state index in [0.29, 0.717) is 0 Å². The van der Waals surface area contributed by atoms with Crippen LogP contribution >= 0.6 is 0 Å². The SMILES string of the molecule is C=C(C)Nc1ccc(F)c(OC)c1. The molecule has 0 saturated carbocycles. The van der Waals surface area contributed by atoms with Crippen molar-refractivity contribution in [3.05, 3.63) is 36.3 Å². The fourth-order valence-electron chi connectivity index (χ4n) is 0.984. The van der Waals surface area contributed by atoms with Gasteiger partial charge in [0.05, 0.1) is 7.11 Å². The molecule has 0 amide bonds. The van der Waals surface area contributed by atoms with Gasteiger partial charge in [0.2, 0.25) is 0 Å². The fraction of sp³-hybridized carbons (Fsp3) is 0.200. The van der Waals surface area contributed by atoms with Crippen molar-refractivity contribution < 1.29 is 9.13 Å². The summed E-state index contributed by atoms with van der Waals surface area (Å²) in [6.07, 6.45) is 0. The molecule has 0 fully saturated rings. The summed E-state index contributed by atoms with van der Waals surface area (Å²) in [5, 5.41) is 2.97. The van der Waals surface area contributed by atoms with Crippen LogP contribution in [0, 0.1) is 5.82 Å². The van der Waals surface area contributed by atoms with Crippen LogP contribution < -0.4 is 10.1 Å². The van der Waals surface area contributed by atoms with E-state index in [9.17, 15) is 4.39 Å². The molecule has 0 heterocycles. The normalized spacial score (nSPS) is 9.46. The first-order valence-corrected chi connectivity index (χ1v) is 3.89. The van der Waals surface area contributed by atoms with Gasteiger partial charge in [-0.15, -0.1) is 0 Å². The molecule has 0 aliphatic heterocycles. The molecule has 3 heteroatoms. The van der Waals surface area contributed by atoms with Crippen LogP contribution in [0.1, 0.15) is 6.92 Å². The summed E-state index contributed by atoms with van der Waals surface area (Å²) in [5.41, 5.74) is 1.57. The smallest absolute Gasteiger partial charge is 0.165 e. The Bertz CT molecular complexity index is 323. The number of halogens is 1. The average Bonchev–Trinajstić information content (AvgIpc) is 2.07. The van der Waals surface area contributed by atoms with Gasteiger partial charge in [0, 0.05) is 17.5 Å². The lowest BCUT2D eigenvalue weighted by molar-refractivity contribution is 0.387. The maximum Gasteiger partial charge on any atom is 0.165 e. The molecule has 0 atom stereocenters. The zero-order chi connectivity index (χ0) is 9.84. The van der Waals surface area contributed by atoms with Crippen LogP contribution in [0.4, 0.5) is 10.1 Å². The molecule has 13 heavy (non-hydrogen) atoms. The van der Waals surface area contributed by atoms with E-state index < -0.39 is 0 Å². The van der Waals surface area contributed by atoms with Gasteiger partial charge in [-0.1, -0.05) is 6.58 Å².